The molecule has 1 N–H and O–H groups in total. The maximum Gasteiger partial charge on any atom is 0.222 e. The molecule has 0 radical (unpaired) electrons. The summed E-state index contributed by atoms with van der Waals surface area (Å²) < 4.78 is 5.98. The Labute approximate surface area is 158 Å². The fourth-order valence-corrected chi connectivity index (χ4v) is 4.80. The number of nitrogens with one attached hydrogen (secondary N) is 1. The molecule has 1 aromatic rings. The molecule has 3 aliphatic rings. The van der Waals surface area contributed by atoms with Crippen LogP contribution in [-0.2, 0) is 4.79 Å². The van der Waals surface area contributed by atoms with E-state index in [1.165, 1.54) is 12.8 Å². The first-order valence-electron chi connectivity index (χ1n) is 9.22. The van der Waals surface area contributed by atoms with E-state index in [1.807, 2.05) is 11.0 Å². The zero-order chi connectivity index (χ0) is 17.4. The van der Waals surface area contributed by atoms with Gasteiger partial charge in [-0.05, 0) is 43.7 Å². The van der Waals surface area contributed by atoms with E-state index in [-0.39, 0.29) is 12.0 Å². The highest BCUT2D eigenvalue weighted by molar-refractivity contribution is 6.42. The van der Waals surface area contributed by atoms with Crippen molar-refractivity contribution in [3.63, 3.8) is 0 Å². The molecule has 6 heteroatoms. The van der Waals surface area contributed by atoms with Crippen LogP contribution in [0.1, 0.15) is 38.5 Å². The van der Waals surface area contributed by atoms with Gasteiger partial charge in [0.25, 0.3) is 0 Å². The first-order chi connectivity index (χ1) is 12.1. The second kappa shape index (κ2) is 7.34. The van der Waals surface area contributed by atoms with Gasteiger partial charge in [-0.25, -0.2) is 0 Å². The van der Waals surface area contributed by atoms with Crippen molar-refractivity contribution in [3.8, 4) is 5.75 Å². The SMILES string of the molecule is O=C(CC1CC2CCC(C1)N2)N1CCC(Oc2ccc(Cl)c(Cl)c2)C1. The lowest BCUT2D eigenvalue weighted by Gasteiger charge is -2.29. The predicted molar refractivity (Wildman–Crippen MR) is 99.4 cm³/mol. The summed E-state index contributed by atoms with van der Waals surface area (Å²) in [6, 6.07) is 6.58. The lowest BCUT2D eigenvalue weighted by Crippen LogP contribution is -2.40. The summed E-state index contributed by atoms with van der Waals surface area (Å²) in [7, 11) is 0. The number of fused-ring (bicyclic) bond motifs is 2. The Morgan fingerprint density at radius 3 is 2.64 bits per heavy atom. The van der Waals surface area contributed by atoms with Crippen molar-refractivity contribution in [2.24, 2.45) is 5.92 Å². The maximum absolute atomic E-state index is 12.7. The number of amides is 1. The number of likely N-dealkylation sites (tertiary alicyclic amines) is 1. The number of hydrogen-bond donors (Lipinski definition) is 1. The van der Waals surface area contributed by atoms with Crippen LogP contribution in [0.2, 0.25) is 10.0 Å². The lowest BCUT2D eigenvalue weighted by molar-refractivity contribution is -0.131. The molecule has 3 aliphatic heterocycles. The van der Waals surface area contributed by atoms with Crippen LogP contribution in [0.5, 0.6) is 5.75 Å². The van der Waals surface area contributed by atoms with Crippen molar-refractivity contribution >= 4 is 29.1 Å². The third-order valence-corrected chi connectivity index (χ3v) is 6.46. The van der Waals surface area contributed by atoms with Gasteiger partial charge in [0.15, 0.2) is 0 Å². The lowest BCUT2D eigenvalue weighted by atomic mass is 9.89. The van der Waals surface area contributed by atoms with Gasteiger partial charge in [0.05, 0.1) is 16.6 Å². The van der Waals surface area contributed by atoms with Crippen LogP contribution < -0.4 is 10.1 Å². The molecule has 0 spiro atoms. The largest absolute Gasteiger partial charge is 0.488 e. The number of ether oxygens (including phenoxy) is 1. The first-order valence-corrected chi connectivity index (χ1v) is 9.98. The van der Waals surface area contributed by atoms with Gasteiger partial charge in [0, 0.05) is 37.5 Å². The van der Waals surface area contributed by atoms with Crippen molar-refractivity contribution in [1.29, 1.82) is 0 Å². The number of halogens is 2. The van der Waals surface area contributed by atoms with Gasteiger partial charge in [-0.1, -0.05) is 23.2 Å². The first kappa shape index (κ1) is 17.4. The number of rotatable bonds is 4. The van der Waals surface area contributed by atoms with Crippen LogP contribution in [0, 0.1) is 5.92 Å². The molecule has 0 aromatic heterocycles. The number of hydrogen-bond acceptors (Lipinski definition) is 3. The number of piperidine rings is 1. The average Bonchev–Trinajstić information content (AvgIpc) is 3.18. The maximum atomic E-state index is 12.7. The predicted octanol–water partition coefficient (Wildman–Crippen LogP) is 3.89. The molecule has 3 fully saturated rings. The third-order valence-electron chi connectivity index (χ3n) is 5.73. The molecule has 3 unspecified atom stereocenters. The minimum absolute atomic E-state index is 0.0328. The molecule has 2 bridgehead atoms. The topological polar surface area (TPSA) is 41.6 Å². The normalized spacial score (nSPS) is 31.4. The fraction of sp³-hybridized carbons (Fsp3) is 0.632. The summed E-state index contributed by atoms with van der Waals surface area (Å²) in [6.07, 6.45) is 6.44. The summed E-state index contributed by atoms with van der Waals surface area (Å²) >= 11 is 12.0. The summed E-state index contributed by atoms with van der Waals surface area (Å²) in [5, 5.41) is 4.65. The Hall–Kier alpha value is -0.970. The minimum atomic E-state index is 0.0328. The molecule has 136 valence electrons. The van der Waals surface area contributed by atoms with Gasteiger partial charge in [-0.15, -0.1) is 0 Å². The summed E-state index contributed by atoms with van der Waals surface area (Å²) in [5.41, 5.74) is 0. The van der Waals surface area contributed by atoms with Gasteiger partial charge >= 0.3 is 0 Å². The summed E-state index contributed by atoms with van der Waals surface area (Å²) in [5.74, 6) is 1.54. The van der Waals surface area contributed by atoms with Crippen LogP contribution >= 0.6 is 23.2 Å². The minimum Gasteiger partial charge on any atom is -0.488 e. The summed E-state index contributed by atoms with van der Waals surface area (Å²) in [4.78, 5) is 14.6. The van der Waals surface area contributed by atoms with Gasteiger partial charge in [0.1, 0.15) is 11.9 Å². The van der Waals surface area contributed by atoms with Crippen LogP contribution in [0.15, 0.2) is 18.2 Å². The molecule has 25 heavy (non-hydrogen) atoms. The molecular weight excluding hydrogens is 359 g/mol. The second-order valence-electron chi connectivity index (χ2n) is 7.62. The van der Waals surface area contributed by atoms with E-state index in [0.717, 1.165) is 25.8 Å². The fourth-order valence-electron chi connectivity index (χ4n) is 4.51. The highest BCUT2D eigenvalue weighted by Crippen LogP contribution is 2.33. The van der Waals surface area contributed by atoms with Gasteiger partial charge in [-0.2, -0.15) is 0 Å². The molecule has 0 saturated carbocycles. The monoisotopic (exact) mass is 382 g/mol. The van der Waals surface area contributed by atoms with E-state index < -0.39 is 0 Å². The molecule has 3 atom stereocenters. The standard InChI is InChI=1S/C19H24Cl2N2O2/c20-17-4-3-15(10-18(17)21)25-16-5-6-23(11-16)19(24)9-12-7-13-1-2-14(8-12)22-13/h3-4,10,12-14,16,22H,1-2,5-9,11H2. The zero-order valence-electron chi connectivity index (χ0n) is 14.2. The number of carbonyl (C=O) groups is 1. The van der Waals surface area contributed by atoms with Crippen molar-refractivity contribution < 1.29 is 9.53 Å². The van der Waals surface area contributed by atoms with E-state index in [0.29, 0.717) is 46.8 Å². The van der Waals surface area contributed by atoms with E-state index >= 15 is 0 Å². The highest BCUT2D eigenvalue weighted by atomic mass is 35.5. The van der Waals surface area contributed by atoms with Crippen molar-refractivity contribution in [3.05, 3.63) is 28.2 Å². The van der Waals surface area contributed by atoms with Crippen LogP contribution in [0.3, 0.4) is 0 Å². The van der Waals surface area contributed by atoms with Crippen LogP contribution in [-0.4, -0.2) is 42.1 Å². The third kappa shape index (κ3) is 4.07. The van der Waals surface area contributed by atoms with E-state index in [4.69, 9.17) is 27.9 Å². The van der Waals surface area contributed by atoms with Gasteiger partial charge < -0.3 is 15.0 Å². The molecular formula is C19H24Cl2N2O2. The van der Waals surface area contributed by atoms with Gasteiger partial charge in [-0.3, -0.25) is 4.79 Å². The Kier molecular flexibility index (Phi) is 5.12. The van der Waals surface area contributed by atoms with Crippen molar-refractivity contribution in [1.82, 2.24) is 10.2 Å². The average molecular weight is 383 g/mol. The smallest absolute Gasteiger partial charge is 0.222 e. The molecule has 3 saturated heterocycles. The molecule has 4 nitrogen and oxygen atoms in total. The molecule has 0 aliphatic carbocycles. The quantitative estimate of drug-likeness (QED) is 0.858. The number of benzene rings is 1. The Morgan fingerprint density at radius 1 is 1.16 bits per heavy atom. The second-order valence-corrected chi connectivity index (χ2v) is 8.44. The number of nitrogens with zero attached hydrogens (tertiary/aromatic N) is 1. The van der Waals surface area contributed by atoms with E-state index in [2.05, 4.69) is 5.32 Å². The van der Waals surface area contributed by atoms with Crippen LogP contribution in [0.25, 0.3) is 0 Å². The number of carbonyl (C=O) groups excluding carboxylic acids is 1. The van der Waals surface area contributed by atoms with E-state index in [1.54, 1.807) is 12.1 Å². The van der Waals surface area contributed by atoms with Crippen molar-refractivity contribution in [2.75, 3.05) is 13.1 Å². The molecule has 1 aromatic carbocycles. The van der Waals surface area contributed by atoms with Crippen LogP contribution in [0.4, 0.5) is 0 Å². The van der Waals surface area contributed by atoms with Gasteiger partial charge in [0.2, 0.25) is 5.91 Å². The zero-order valence-corrected chi connectivity index (χ0v) is 15.7. The Bertz CT molecular complexity index is 642. The Morgan fingerprint density at radius 2 is 1.92 bits per heavy atom. The van der Waals surface area contributed by atoms with Crippen molar-refractivity contribution in [2.45, 2.75) is 56.7 Å². The molecule has 1 amide bonds. The summed E-state index contributed by atoms with van der Waals surface area (Å²) in [6.45, 7) is 1.44. The molecule has 4 rings (SSSR count). The Balaban J connectivity index is 1.28. The van der Waals surface area contributed by atoms with E-state index in [9.17, 15) is 4.79 Å². The highest BCUT2D eigenvalue weighted by Gasteiger charge is 2.36. The molecule has 3 heterocycles.